The Kier molecular flexibility index (Phi) is 6.99. The summed E-state index contributed by atoms with van der Waals surface area (Å²) in [6.45, 7) is 3.88. The number of methoxy groups -OCH3 is 2. The van der Waals surface area contributed by atoms with E-state index in [1.54, 1.807) is 14.2 Å². The number of ether oxygens (including phenoxy) is 3. The van der Waals surface area contributed by atoms with Crippen LogP contribution in [0.2, 0.25) is 0 Å². The zero-order valence-corrected chi connectivity index (χ0v) is 19.4. The summed E-state index contributed by atoms with van der Waals surface area (Å²) in [5.41, 5.74) is 4.63. The minimum absolute atomic E-state index is 0.147. The Hall–Kier alpha value is -2.60. The van der Waals surface area contributed by atoms with E-state index in [1.807, 2.05) is 18.2 Å². The lowest BCUT2D eigenvalue weighted by Gasteiger charge is -2.44. The monoisotopic (exact) mass is 439 g/mol. The number of carbonyl (C=O) groups is 2. The number of nitrogens with zero attached hydrogens (tertiary/aromatic N) is 1. The van der Waals surface area contributed by atoms with Gasteiger partial charge in [-0.1, -0.05) is 13.0 Å². The highest BCUT2D eigenvalue weighted by Crippen LogP contribution is 2.49. The Morgan fingerprint density at radius 1 is 0.906 bits per heavy atom. The maximum Gasteiger partial charge on any atom is 0.161 e. The first-order chi connectivity index (χ1) is 15.6. The number of hydrogen-bond donors (Lipinski definition) is 0. The summed E-state index contributed by atoms with van der Waals surface area (Å²) in [5.74, 6) is 1.27. The highest BCUT2D eigenvalue weighted by molar-refractivity contribution is 6.06. The summed E-state index contributed by atoms with van der Waals surface area (Å²) in [5, 5.41) is 0. The number of ketones is 2. The van der Waals surface area contributed by atoms with Gasteiger partial charge in [0.15, 0.2) is 23.1 Å². The van der Waals surface area contributed by atoms with Crippen LogP contribution < -0.4 is 9.47 Å². The van der Waals surface area contributed by atoms with Gasteiger partial charge in [-0.05, 0) is 49.8 Å². The molecule has 6 nitrogen and oxygen atoms in total. The predicted octanol–water partition coefficient (Wildman–Crippen LogP) is 4.54. The van der Waals surface area contributed by atoms with Crippen LogP contribution in [0.3, 0.4) is 0 Å². The van der Waals surface area contributed by atoms with Crippen molar-refractivity contribution in [3.8, 4) is 11.5 Å². The zero-order valence-electron chi connectivity index (χ0n) is 19.4. The largest absolute Gasteiger partial charge is 0.493 e. The van der Waals surface area contributed by atoms with E-state index in [4.69, 9.17) is 14.2 Å². The molecule has 0 amide bonds. The molecule has 0 N–H and O–H groups in total. The molecule has 1 aromatic rings. The van der Waals surface area contributed by atoms with Crippen LogP contribution in [0.5, 0.6) is 11.5 Å². The van der Waals surface area contributed by atoms with Crippen LogP contribution in [0.4, 0.5) is 0 Å². The van der Waals surface area contributed by atoms with Gasteiger partial charge < -0.3 is 19.1 Å². The average Bonchev–Trinajstić information content (AvgIpc) is 2.81. The molecule has 3 aliphatic rings. The number of allylic oxidation sites excluding steroid dienone is 4. The van der Waals surface area contributed by atoms with Crippen LogP contribution in [0.25, 0.3) is 0 Å². The van der Waals surface area contributed by atoms with Gasteiger partial charge in [0.2, 0.25) is 0 Å². The first-order valence-electron chi connectivity index (χ1n) is 11.7. The van der Waals surface area contributed by atoms with Crippen molar-refractivity contribution >= 4 is 11.6 Å². The SMILES string of the molecule is CCCOc1ccc(C2C3=C(CCCC3=O)N(CCOC)C3=C2C(=O)CCC3)cc1OC. The fourth-order valence-electron chi connectivity index (χ4n) is 5.20. The Morgan fingerprint density at radius 2 is 1.56 bits per heavy atom. The first-order valence-corrected chi connectivity index (χ1v) is 11.7. The molecule has 32 heavy (non-hydrogen) atoms. The van der Waals surface area contributed by atoms with Crippen LogP contribution >= 0.6 is 0 Å². The maximum absolute atomic E-state index is 13.3. The highest BCUT2D eigenvalue weighted by atomic mass is 16.5. The van der Waals surface area contributed by atoms with Crippen molar-refractivity contribution < 1.29 is 23.8 Å². The van der Waals surface area contributed by atoms with Crippen molar-refractivity contribution in [2.45, 2.75) is 57.8 Å². The van der Waals surface area contributed by atoms with Crippen LogP contribution in [-0.4, -0.2) is 50.4 Å². The molecule has 2 aliphatic carbocycles. The van der Waals surface area contributed by atoms with E-state index < -0.39 is 0 Å². The van der Waals surface area contributed by atoms with Gasteiger partial charge in [0.25, 0.3) is 0 Å². The Balaban J connectivity index is 1.86. The van der Waals surface area contributed by atoms with Gasteiger partial charge in [0.1, 0.15) is 0 Å². The molecule has 4 rings (SSSR count). The van der Waals surface area contributed by atoms with E-state index in [0.717, 1.165) is 60.2 Å². The Labute approximate surface area is 190 Å². The first kappa shape index (κ1) is 22.6. The number of hydrogen-bond acceptors (Lipinski definition) is 6. The molecule has 0 bridgehead atoms. The van der Waals surface area contributed by atoms with E-state index in [-0.39, 0.29) is 17.5 Å². The third-order valence-corrected chi connectivity index (χ3v) is 6.59. The number of benzene rings is 1. The van der Waals surface area contributed by atoms with E-state index in [0.29, 0.717) is 44.1 Å². The van der Waals surface area contributed by atoms with Gasteiger partial charge >= 0.3 is 0 Å². The number of carbonyl (C=O) groups excluding carboxylic acids is 2. The molecule has 6 heteroatoms. The van der Waals surface area contributed by atoms with Crippen molar-refractivity contribution in [3.05, 3.63) is 46.3 Å². The Morgan fingerprint density at radius 3 is 2.12 bits per heavy atom. The van der Waals surface area contributed by atoms with Crippen LogP contribution in [0.1, 0.15) is 63.4 Å². The van der Waals surface area contributed by atoms with Crippen molar-refractivity contribution in [2.75, 3.05) is 34.0 Å². The lowest BCUT2D eigenvalue weighted by Crippen LogP contribution is -2.40. The molecule has 0 aromatic heterocycles. The van der Waals surface area contributed by atoms with E-state index in [2.05, 4.69) is 11.8 Å². The molecule has 0 spiro atoms. The predicted molar refractivity (Wildman–Crippen MR) is 122 cm³/mol. The third-order valence-electron chi connectivity index (χ3n) is 6.59. The molecule has 0 radical (unpaired) electrons. The number of rotatable bonds is 8. The zero-order chi connectivity index (χ0) is 22.7. The fraction of sp³-hybridized carbons (Fsp3) is 0.538. The molecule has 1 heterocycles. The summed E-state index contributed by atoms with van der Waals surface area (Å²) in [6.07, 6.45) is 5.34. The molecule has 0 fully saturated rings. The van der Waals surface area contributed by atoms with Gasteiger partial charge in [0.05, 0.1) is 20.3 Å². The average molecular weight is 440 g/mol. The molecule has 0 unspecified atom stereocenters. The topological polar surface area (TPSA) is 65.1 Å². The summed E-state index contributed by atoms with van der Waals surface area (Å²) < 4.78 is 16.8. The van der Waals surface area contributed by atoms with Crippen LogP contribution in [0, 0.1) is 0 Å². The van der Waals surface area contributed by atoms with Gasteiger partial charge in [-0.25, -0.2) is 0 Å². The minimum atomic E-state index is -0.339. The summed E-state index contributed by atoms with van der Waals surface area (Å²) in [7, 11) is 3.31. The van der Waals surface area contributed by atoms with Crippen molar-refractivity contribution in [3.63, 3.8) is 0 Å². The smallest absolute Gasteiger partial charge is 0.161 e. The van der Waals surface area contributed by atoms with Crippen LogP contribution in [0.15, 0.2) is 40.7 Å². The quantitative estimate of drug-likeness (QED) is 0.592. The lowest BCUT2D eigenvalue weighted by atomic mass is 9.71. The molecular weight excluding hydrogens is 406 g/mol. The molecule has 0 saturated carbocycles. The Bertz CT molecular complexity index is 917. The van der Waals surface area contributed by atoms with Crippen LogP contribution in [-0.2, 0) is 14.3 Å². The van der Waals surface area contributed by atoms with Gasteiger partial charge in [0, 0.05) is 55.0 Å². The van der Waals surface area contributed by atoms with E-state index >= 15 is 0 Å². The van der Waals surface area contributed by atoms with Gasteiger partial charge in [-0.2, -0.15) is 0 Å². The summed E-state index contributed by atoms with van der Waals surface area (Å²) in [6, 6.07) is 5.84. The van der Waals surface area contributed by atoms with E-state index in [9.17, 15) is 9.59 Å². The second-order valence-corrected chi connectivity index (χ2v) is 8.61. The molecule has 0 atom stereocenters. The normalized spacial score (nSPS) is 19.3. The van der Waals surface area contributed by atoms with Gasteiger partial charge in [-0.15, -0.1) is 0 Å². The molecule has 0 saturated heterocycles. The number of Topliss-reactive ketones (excluding diaryl/α,β-unsaturated/α-hetero) is 2. The van der Waals surface area contributed by atoms with Crippen molar-refractivity contribution in [1.29, 1.82) is 0 Å². The summed E-state index contributed by atoms with van der Waals surface area (Å²) >= 11 is 0. The third kappa shape index (κ3) is 4.08. The highest BCUT2D eigenvalue weighted by Gasteiger charge is 2.43. The standard InChI is InChI=1S/C26H33NO5/c1-4-14-32-22-12-11-17(16-23(22)31-3)24-25-18(7-5-9-20(25)28)27(13-15-30-2)19-8-6-10-21(29)26(19)24/h11-12,16,24H,4-10,13-15H2,1-3H3. The van der Waals surface area contributed by atoms with Crippen molar-refractivity contribution in [1.82, 2.24) is 4.90 Å². The molecule has 1 aliphatic heterocycles. The minimum Gasteiger partial charge on any atom is -0.493 e. The lowest BCUT2D eigenvalue weighted by molar-refractivity contribution is -0.117. The molecule has 172 valence electrons. The second-order valence-electron chi connectivity index (χ2n) is 8.61. The second kappa shape index (κ2) is 9.90. The van der Waals surface area contributed by atoms with Crippen molar-refractivity contribution in [2.24, 2.45) is 0 Å². The van der Waals surface area contributed by atoms with Gasteiger partial charge in [-0.3, -0.25) is 9.59 Å². The maximum atomic E-state index is 13.3. The van der Waals surface area contributed by atoms with E-state index in [1.165, 1.54) is 0 Å². The molecule has 1 aromatic carbocycles. The summed E-state index contributed by atoms with van der Waals surface area (Å²) in [4.78, 5) is 28.8. The fourth-order valence-corrected chi connectivity index (χ4v) is 5.20. The molecular formula is C26H33NO5.